The van der Waals surface area contributed by atoms with Gasteiger partial charge >= 0.3 is 5.97 Å². The van der Waals surface area contributed by atoms with Gasteiger partial charge in [0.05, 0.1) is 5.41 Å². The Balaban J connectivity index is 1.79. The molecule has 0 amide bonds. The molecule has 1 aromatic rings. The summed E-state index contributed by atoms with van der Waals surface area (Å²) in [5.74, 6) is -0.649. The number of benzene rings is 1. The first-order valence-corrected chi connectivity index (χ1v) is 6.61. The molecule has 0 atom stereocenters. The maximum atomic E-state index is 11.1. The van der Waals surface area contributed by atoms with Crippen molar-refractivity contribution < 1.29 is 9.90 Å². The fourth-order valence-corrected chi connectivity index (χ4v) is 2.53. The summed E-state index contributed by atoms with van der Waals surface area (Å²) in [5, 5.41) is 12.7. The highest BCUT2D eigenvalue weighted by Crippen LogP contribution is 2.36. The zero-order valence-corrected chi connectivity index (χ0v) is 10.9. The van der Waals surface area contributed by atoms with Gasteiger partial charge in [-0.1, -0.05) is 30.3 Å². The maximum absolute atomic E-state index is 11.1. The van der Waals surface area contributed by atoms with E-state index in [9.17, 15) is 9.90 Å². The molecule has 2 rings (SSSR count). The van der Waals surface area contributed by atoms with Gasteiger partial charge in [0.15, 0.2) is 0 Å². The molecule has 0 aromatic heterocycles. The molecule has 0 heterocycles. The highest BCUT2D eigenvalue weighted by Gasteiger charge is 2.37. The SMILES string of the molecule is C[C@]1(C(=O)O)CC[C@@H](NCc2ccccc2)CC1. The molecule has 0 aliphatic heterocycles. The summed E-state index contributed by atoms with van der Waals surface area (Å²) in [6, 6.07) is 10.8. The third-order valence-electron chi connectivity index (χ3n) is 4.04. The molecule has 1 aliphatic carbocycles. The van der Waals surface area contributed by atoms with Crippen molar-refractivity contribution in [3.05, 3.63) is 35.9 Å². The van der Waals surface area contributed by atoms with Crippen LogP contribution in [0.25, 0.3) is 0 Å². The molecule has 18 heavy (non-hydrogen) atoms. The van der Waals surface area contributed by atoms with E-state index in [-0.39, 0.29) is 0 Å². The molecule has 0 radical (unpaired) electrons. The van der Waals surface area contributed by atoms with Crippen LogP contribution in [0.2, 0.25) is 0 Å². The minimum absolute atomic E-state index is 0.456. The van der Waals surface area contributed by atoms with Gasteiger partial charge in [-0.15, -0.1) is 0 Å². The van der Waals surface area contributed by atoms with Crippen molar-refractivity contribution in [3.8, 4) is 0 Å². The number of carbonyl (C=O) groups is 1. The Morgan fingerprint density at radius 3 is 2.50 bits per heavy atom. The van der Waals surface area contributed by atoms with E-state index in [4.69, 9.17) is 0 Å². The van der Waals surface area contributed by atoms with Crippen LogP contribution in [0.15, 0.2) is 30.3 Å². The second kappa shape index (κ2) is 5.53. The van der Waals surface area contributed by atoms with Crippen LogP contribution >= 0.6 is 0 Å². The molecular formula is C15H21NO2. The van der Waals surface area contributed by atoms with Crippen LogP contribution in [0.3, 0.4) is 0 Å². The zero-order valence-electron chi connectivity index (χ0n) is 10.9. The molecule has 3 heteroatoms. The van der Waals surface area contributed by atoms with E-state index in [0.717, 1.165) is 32.2 Å². The standard InChI is InChI=1S/C15H21NO2/c1-15(14(17)18)9-7-13(8-10-15)16-11-12-5-3-2-4-6-12/h2-6,13,16H,7-11H2,1H3,(H,17,18)/t13-,15+. The number of rotatable bonds is 4. The van der Waals surface area contributed by atoms with E-state index in [2.05, 4.69) is 17.4 Å². The lowest BCUT2D eigenvalue weighted by Crippen LogP contribution is -2.39. The molecule has 0 spiro atoms. The van der Waals surface area contributed by atoms with E-state index >= 15 is 0 Å². The smallest absolute Gasteiger partial charge is 0.309 e. The van der Waals surface area contributed by atoms with Crippen molar-refractivity contribution in [1.29, 1.82) is 0 Å². The Labute approximate surface area is 108 Å². The molecule has 1 fully saturated rings. The van der Waals surface area contributed by atoms with Gasteiger partial charge in [-0.05, 0) is 38.2 Å². The van der Waals surface area contributed by atoms with Crippen LogP contribution in [0, 0.1) is 5.41 Å². The molecule has 98 valence electrons. The average molecular weight is 247 g/mol. The second-order valence-corrected chi connectivity index (χ2v) is 5.51. The van der Waals surface area contributed by atoms with E-state index < -0.39 is 11.4 Å². The molecular weight excluding hydrogens is 226 g/mol. The zero-order chi connectivity index (χ0) is 13.0. The van der Waals surface area contributed by atoms with Gasteiger partial charge in [-0.3, -0.25) is 4.79 Å². The third kappa shape index (κ3) is 3.10. The van der Waals surface area contributed by atoms with Crippen LogP contribution in [0.4, 0.5) is 0 Å². The summed E-state index contributed by atoms with van der Waals surface area (Å²) >= 11 is 0. The Morgan fingerprint density at radius 2 is 1.94 bits per heavy atom. The van der Waals surface area contributed by atoms with Crippen molar-refractivity contribution in [2.75, 3.05) is 0 Å². The number of nitrogens with one attached hydrogen (secondary N) is 1. The topological polar surface area (TPSA) is 49.3 Å². The first-order chi connectivity index (χ1) is 8.60. The number of carboxylic acids is 1. The monoisotopic (exact) mass is 247 g/mol. The number of hydrogen-bond donors (Lipinski definition) is 2. The first-order valence-electron chi connectivity index (χ1n) is 6.61. The van der Waals surface area contributed by atoms with Crippen molar-refractivity contribution in [2.24, 2.45) is 5.41 Å². The van der Waals surface area contributed by atoms with Gasteiger partial charge < -0.3 is 10.4 Å². The summed E-state index contributed by atoms with van der Waals surface area (Å²) in [7, 11) is 0. The third-order valence-corrected chi connectivity index (χ3v) is 4.04. The van der Waals surface area contributed by atoms with Crippen LogP contribution < -0.4 is 5.32 Å². The summed E-state index contributed by atoms with van der Waals surface area (Å²) in [4.78, 5) is 11.1. The molecule has 3 nitrogen and oxygen atoms in total. The lowest BCUT2D eigenvalue weighted by Gasteiger charge is -2.34. The summed E-state index contributed by atoms with van der Waals surface area (Å²) in [6.07, 6.45) is 3.45. The van der Waals surface area contributed by atoms with Crippen molar-refractivity contribution in [2.45, 2.75) is 45.2 Å². The second-order valence-electron chi connectivity index (χ2n) is 5.51. The van der Waals surface area contributed by atoms with E-state index in [1.165, 1.54) is 5.56 Å². The Kier molecular flexibility index (Phi) is 4.02. The van der Waals surface area contributed by atoms with Crippen LogP contribution in [-0.4, -0.2) is 17.1 Å². The first kappa shape index (κ1) is 13.1. The van der Waals surface area contributed by atoms with Gasteiger partial charge in [-0.25, -0.2) is 0 Å². The molecule has 0 saturated heterocycles. The summed E-state index contributed by atoms with van der Waals surface area (Å²) < 4.78 is 0. The molecule has 2 N–H and O–H groups in total. The number of aliphatic carboxylic acids is 1. The van der Waals surface area contributed by atoms with E-state index in [1.807, 2.05) is 25.1 Å². The molecule has 1 aliphatic rings. The fourth-order valence-electron chi connectivity index (χ4n) is 2.53. The number of carboxylic acid groups (broad SMARTS) is 1. The molecule has 0 unspecified atom stereocenters. The summed E-state index contributed by atoms with van der Waals surface area (Å²) in [6.45, 7) is 2.73. The van der Waals surface area contributed by atoms with Crippen LogP contribution in [0.1, 0.15) is 38.2 Å². The molecule has 1 saturated carbocycles. The summed E-state index contributed by atoms with van der Waals surface area (Å²) in [5.41, 5.74) is 0.773. The van der Waals surface area contributed by atoms with E-state index in [0.29, 0.717) is 6.04 Å². The Bertz CT molecular complexity index is 394. The van der Waals surface area contributed by atoms with Gasteiger partial charge in [0.2, 0.25) is 0 Å². The number of hydrogen-bond acceptors (Lipinski definition) is 2. The van der Waals surface area contributed by atoms with Gasteiger partial charge in [0, 0.05) is 12.6 Å². The highest BCUT2D eigenvalue weighted by molar-refractivity contribution is 5.74. The normalized spacial score (nSPS) is 27.9. The average Bonchev–Trinajstić information content (AvgIpc) is 2.39. The van der Waals surface area contributed by atoms with E-state index in [1.54, 1.807) is 0 Å². The fraction of sp³-hybridized carbons (Fsp3) is 0.533. The van der Waals surface area contributed by atoms with Crippen molar-refractivity contribution >= 4 is 5.97 Å². The molecule has 0 bridgehead atoms. The van der Waals surface area contributed by atoms with Crippen LogP contribution in [-0.2, 0) is 11.3 Å². The van der Waals surface area contributed by atoms with Gasteiger partial charge in [0.25, 0.3) is 0 Å². The predicted molar refractivity (Wildman–Crippen MR) is 71.3 cm³/mol. The lowest BCUT2D eigenvalue weighted by molar-refractivity contribution is -0.150. The largest absolute Gasteiger partial charge is 0.481 e. The Morgan fingerprint density at radius 1 is 1.33 bits per heavy atom. The van der Waals surface area contributed by atoms with Gasteiger partial charge in [-0.2, -0.15) is 0 Å². The van der Waals surface area contributed by atoms with Gasteiger partial charge in [0.1, 0.15) is 0 Å². The Hall–Kier alpha value is -1.35. The highest BCUT2D eigenvalue weighted by atomic mass is 16.4. The minimum atomic E-state index is -0.649. The molecule has 1 aromatic carbocycles. The predicted octanol–water partition coefficient (Wildman–Crippen LogP) is 2.81. The quantitative estimate of drug-likeness (QED) is 0.860. The van der Waals surface area contributed by atoms with Crippen molar-refractivity contribution in [1.82, 2.24) is 5.32 Å². The maximum Gasteiger partial charge on any atom is 0.309 e. The lowest BCUT2D eigenvalue weighted by atomic mass is 9.74. The van der Waals surface area contributed by atoms with Crippen molar-refractivity contribution in [3.63, 3.8) is 0 Å². The minimum Gasteiger partial charge on any atom is -0.481 e. The van der Waals surface area contributed by atoms with Crippen LogP contribution in [0.5, 0.6) is 0 Å².